The quantitative estimate of drug-likeness (QED) is 0.748. The van der Waals surface area contributed by atoms with Gasteiger partial charge in [-0.3, -0.25) is 15.1 Å². The van der Waals surface area contributed by atoms with Crippen molar-refractivity contribution in [1.82, 2.24) is 9.97 Å². The summed E-state index contributed by atoms with van der Waals surface area (Å²) in [5, 5.41) is 1.60. The maximum atomic E-state index is 12.5. The molecule has 25 heavy (non-hydrogen) atoms. The summed E-state index contributed by atoms with van der Waals surface area (Å²) in [5.74, 6) is -0.0347. The van der Waals surface area contributed by atoms with Gasteiger partial charge in [-0.1, -0.05) is 37.3 Å². The van der Waals surface area contributed by atoms with Crippen molar-refractivity contribution in [3.05, 3.63) is 88.6 Å². The van der Waals surface area contributed by atoms with E-state index >= 15 is 0 Å². The fourth-order valence-electron chi connectivity index (χ4n) is 2.69. The van der Waals surface area contributed by atoms with Gasteiger partial charge in [-0.25, -0.2) is 4.79 Å². The summed E-state index contributed by atoms with van der Waals surface area (Å²) in [6.45, 7) is 2.65. The first-order valence-electron chi connectivity index (χ1n) is 8.21. The predicted molar refractivity (Wildman–Crippen MR) is 96.3 cm³/mol. The number of quaternary nitrogens is 1. The topological polar surface area (TPSA) is 79.4 Å². The molecule has 0 aliphatic carbocycles. The van der Waals surface area contributed by atoms with Crippen molar-refractivity contribution in [2.24, 2.45) is 0 Å². The SMILES string of the molecule is CC(C[NH2+]C(=O)c1cc(-c2ccncc2)c[nH]c1=O)c1ccccc1. The lowest BCUT2D eigenvalue weighted by Crippen LogP contribution is -2.89. The number of benzene rings is 1. The fourth-order valence-corrected chi connectivity index (χ4v) is 2.69. The average Bonchev–Trinajstić information content (AvgIpc) is 2.67. The number of carbonyl (C=O) groups excluding carboxylic acids is 1. The molecule has 0 aliphatic rings. The van der Waals surface area contributed by atoms with Crippen molar-refractivity contribution in [2.45, 2.75) is 12.8 Å². The lowest BCUT2D eigenvalue weighted by atomic mass is 10.0. The molecule has 1 atom stereocenters. The summed E-state index contributed by atoms with van der Waals surface area (Å²) < 4.78 is 0. The highest BCUT2D eigenvalue weighted by Crippen LogP contribution is 2.16. The first-order valence-corrected chi connectivity index (χ1v) is 8.21. The van der Waals surface area contributed by atoms with Crippen LogP contribution in [-0.4, -0.2) is 22.4 Å². The van der Waals surface area contributed by atoms with Crippen LogP contribution in [0.25, 0.3) is 11.1 Å². The van der Waals surface area contributed by atoms with E-state index in [2.05, 4.69) is 16.9 Å². The van der Waals surface area contributed by atoms with Crippen LogP contribution in [-0.2, 0) is 0 Å². The summed E-state index contributed by atoms with van der Waals surface area (Å²) in [5.41, 5.74) is 2.65. The molecule has 0 aliphatic heterocycles. The summed E-state index contributed by atoms with van der Waals surface area (Å²) in [6.07, 6.45) is 4.96. The van der Waals surface area contributed by atoms with Gasteiger partial charge < -0.3 is 4.98 Å². The number of primary amides is 1. The second-order valence-corrected chi connectivity index (χ2v) is 5.98. The molecule has 126 valence electrons. The van der Waals surface area contributed by atoms with Gasteiger partial charge in [0.05, 0.1) is 6.54 Å². The number of amides is 1. The van der Waals surface area contributed by atoms with E-state index in [0.717, 1.165) is 11.1 Å². The largest absolute Gasteiger partial charge is 0.348 e. The van der Waals surface area contributed by atoms with Crippen LogP contribution < -0.4 is 10.9 Å². The number of pyridine rings is 2. The molecule has 0 fully saturated rings. The molecule has 2 heterocycles. The average molecular weight is 334 g/mol. The fraction of sp³-hybridized carbons (Fsp3) is 0.150. The van der Waals surface area contributed by atoms with Gasteiger partial charge in [-0.2, -0.15) is 0 Å². The molecule has 3 N–H and O–H groups in total. The zero-order valence-electron chi connectivity index (χ0n) is 14.0. The number of aromatic nitrogens is 2. The molecule has 0 saturated carbocycles. The Morgan fingerprint density at radius 1 is 1.12 bits per heavy atom. The van der Waals surface area contributed by atoms with E-state index < -0.39 is 0 Å². The van der Waals surface area contributed by atoms with Crippen LogP contribution in [0.5, 0.6) is 0 Å². The molecular weight excluding hydrogens is 314 g/mol. The van der Waals surface area contributed by atoms with Crippen molar-refractivity contribution in [2.75, 3.05) is 6.54 Å². The molecule has 0 spiro atoms. The Morgan fingerprint density at radius 3 is 2.56 bits per heavy atom. The molecule has 0 radical (unpaired) electrons. The van der Waals surface area contributed by atoms with Gasteiger partial charge in [0.25, 0.3) is 5.56 Å². The molecule has 1 aromatic carbocycles. The summed E-state index contributed by atoms with van der Waals surface area (Å²) in [6, 6.07) is 15.3. The molecule has 5 heteroatoms. The number of H-pyrrole nitrogens is 1. The van der Waals surface area contributed by atoms with Crippen LogP contribution in [0.1, 0.15) is 28.8 Å². The second-order valence-electron chi connectivity index (χ2n) is 5.98. The maximum absolute atomic E-state index is 12.5. The molecule has 1 unspecified atom stereocenters. The predicted octanol–water partition coefficient (Wildman–Crippen LogP) is 1.94. The van der Waals surface area contributed by atoms with Crippen LogP contribution in [0, 0.1) is 0 Å². The molecule has 0 saturated heterocycles. The second kappa shape index (κ2) is 7.68. The number of hydrogen-bond acceptors (Lipinski definition) is 3. The molecule has 3 rings (SSSR count). The minimum absolute atomic E-state index is 0.162. The van der Waals surface area contributed by atoms with E-state index in [1.54, 1.807) is 30.0 Å². The summed E-state index contributed by atoms with van der Waals surface area (Å²) in [4.78, 5) is 31.2. The third-order valence-corrected chi connectivity index (χ3v) is 4.21. The Hall–Kier alpha value is -3.05. The van der Waals surface area contributed by atoms with Crippen molar-refractivity contribution in [1.29, 1.82) is 0 Å². The Balaban J connectivity index is 1.75. The third-order valence-electron chi connectivity index (χ3n) is 4.21. The number of nitrogens with two attached hydrogens (primary N) is 1. The summed E-state index contributed by atoms with van der Waals surface area (Å²) in [7, 11) is 0. The van der Waals surface area contributed by atoms with E-state index in [-0.39, 0.29) is 22.9 Å². The Kier molecular flexibility index (Phi) is 5.16. The van der Waals surface area contributed by atoms with Crippen LogP contribution in [0.2, 0.25) is 0 Å². The summed E-state index contributed by atoms with van der Waals surface area (Å²) >= 11 is 0. The van der Waals surface area contributed by atoms with E-state index in [9.17, 15) is 9.59 Å². The van der Waals surface area contributed by atoms with Crippen LogP contribution in [0.15, 0.2) is 71.9 Å². The minimum atomic E-state index is -0.369. The van der Waals surface area contributed by atoms with Gasteiger partial charge in [0.15, 0.2) is 0 Å². The maximum Gasteiger partial charge on any atom is 0.348 e. The van der Waals surface area contributed by atoms with Gasteiger partial charge in [-0.05, 0) is 34.9 Å². The zero-order valence-corrected chi connectivity index (χ0v) is 14.0. The highest BCUT2D eigenvalue weighted by Gasteiger charge is 2.18. The number of rotatable bonds is 5. The van der Waals surface area contributed by atoms with E-state index in [1.165, 1.54) is 5.56 Å². The van der Waals surface area contributed by atoms with Gasteiger partial charge in [0, 0.05) is 24.5 Å². The number of nitrogens with one attached hydrogen (secondary N) is 1. The molecule has 5 nitrogen and oxygen atoms in total. The monoisotopic (exact) mass is 334 g/mol. The number of hydrogen-bond donors (Lipinski definition) is 2. The molecular formula is C20H20N3O2+. The Morgan fingerprint density at radius 2 is 1.84 bits per heavy atom. The first-order chi connectivity index (χ1) is 12.1. The highest BCUT2D eigenvalue weighted by atomic mass is 16.2. The first kappa shape index (κ1) is 16.8. The van der Waals surface area contributed by atoms with Crippen molar-refractivity contribution < 1.29 is 10.1 Å². The van der Waals surface area contributed by atoms with Crippen LogP contribution in [0.4, 0.5) is 0 Å². The lowest BCUT2D eigenvalue weighted by Gasteiger charge is -2.09. The van der Waals surface area contributed by atoms with Crippen molar-refractivity contribution in [3.63, 3.8) is 0 Å². The van der Waals surface area contributed by atoms with Crippen molar-refractivity contribution in [3.8, 4) is 11.1 Å². The van der Waals surface area contributed by atoms with Crippen molar-refractivity contribution >= 4 is 5.91 Å². The minimum Gasteiger partial charge on any atom is -0.328 e. The standard InChI is InChI=1S/C20H19N3O2/c1-14(15-5-3-2-4-6-15)12-22-19(24)18-11-17(13-23-20(18)25)16-7-9-21-10-8-16/h2-11,13-14H,12H2,1H3,(H,22,24)(H,23,25)/p+1. The van der Waals surface area contributed by atoms with E-state index in [1.807, 2.05) is 42.5 Å². The van der Waals surface area contributed by atoms with Crippen LogP contribution >= 0.6 is 0 Å². The normalized spacial score (nSPS) is 11.9. The van der Waals surface area contributed by atoms with Gasteiger partial charge in [0.2, 0.25) is 0 Å². The van der Waals surface area contributed by atoms with Gasteiger partial charge in [0.1, 0.15) is 5.56 Å². The number of carbonyl (C=O) groups is 1. The van der Waals surface area contributed by atoms with E-state index in [0.29, 0.717) is 6.54 Å². The van der Waals surface area contributed by atoms with Gasteiger partial charge >= 0.3 is 5.91 Å². The molecule has 0 bridgehead atoms. The van der Waals surface area contributed by atoms with Crippen LogP contribution in [0.3, 0.4) is 0 Å². The zero-order chi connectivity index (χ0) is 17.6. The Bertz CT molecular complexity index is 905. The number of nitrogens with zero attached hydrogens (tertiary/aromatic N) is 1. The number of aromatic amines is 1. The molecule has 3 aromatic rings. The molecule has 2 aromatic heterocycles. The smallest absolute Gasteiger partial charge is 0.328 e. The van der Waals surface area contributed by atoms with Gasteiger partial charge in [-0.15, -0.1) is 0 Å². The lowest BCUT2D eigenvalue weighted by molar-refractivity contribution is -0.557. The third kappa shape index (κ3) is 4.08. The van der Waals surface area contributed by atoms with E-state index in [4.69, 9.17) is 0 Å². The highest BCUT2D eigenvalue weighted by molar-refractivity contribution is 5.87. The Labute approximate surface area is 145 Å². The molecule has 1 amide bonds.